The van der Waals surface area contributed by atoms with Crippen LogP contribution in [0.15, 0.2) is 36.4 Å². The third-order valence-corrected chi connectivity index (χ3v) is 4.42. The summed E-state index contributed by atoms with van der Waals surface area (Å²) < 4.78 is 2.29. The van der Waals surface area contributed by atoms with Gasteiger partial charge in [-0.1, -0.05) is 58.7 Å². The molecule has 0 aliphatic carbocycles. The number of benzene rings is 2. The van der Waals surface area contributed by atoms with Crippen LogP contribution in [0.2, 0.25) is 0 Å². The largest absolute Gasteiger partial charge is 0.337 e. The third-order valence-electron chi connectivity index (χ3n) is 4.42. The summed E-state index contributed by atoms with van der Waals surface area (Å²) in [5.74, 6) is 0. The van der Waals surface area contributed by atoms with E-state index in [1.165, 1.54) is 33.6 Å². The Labute approximate surface area is 133 Å². The summed E-state index contributed by atoms with van der Waals surface area (Å²) >= 11 is 0. The van der Waals surface area contributed by atoms with E-state index in [0.717, 1.165) is 19.5 Å². The second kappa shape index (κ2) is 5.96. The van der Waals surface area contributed by atoms with Crippen LogP contribution in [0.4, 0.5) is 11.4 Å². The topological polar surface area (TPSA) is 6.25 Å². The Morgan fingerprint density at radius 2 is 1.41 bits per heavy atom. The second-order valence-electron chi connectivity index (χ2n) is 6.24. The number of nitrogens with zero attached hydrogens (tertiary/aromatic N) is 2. The maximum atomic E-state index is 3.62. The van der Waals surface area contributed by atoms with Gasteiger partial charge in [0.25, 0.3) is 0 Å². The van der Waals surface area contributed by atoms with Gasteiger partial charge in [0.05, 0.1) is 13.1 Å². The Morgan fingerprint density at radius 3 is 2.00 bits per heavy atom. The molecule has 2 nitrogen and oxygen atoms in total. The maximum Gasteiger partial charge on any atom is 0.206 e. The van der Waals surface area contributed by atoms with E-state index in [1.807, 2.05) is 0 Å². The average Bonchev–Trinajstić information content (AvgIpc) is 2.47. The van der Waals surface area contributed by atoms with Crippen LogP contribution in [0.25, 0.3) is 0 Å². The molecule has 2 aromatic rings. The van der Waals surface area contributed by atoms with Gasteiger partial charge in [0.2, 0.25) is 6.34 Å². The molecule has 0 unspecified atom stereocenters. The lowest BCUT2D eigenvalue weighted by atomic mass is 10.1. The van der Waals surface area contributed by atoms with E-state index in [-0.39, 0.29) is 0 Å². The summed E-state index contributed by atoms with van der Waals surface area (Å²) in [7, 11) is 0. The number of para-hydroxylation sites is 2. The zero-order valence-electron chi connectivity index (χ0n) is 14.0. The van der Waals surface area contributed by atoms with E-state index >= 15 is 0 Å². The van der Waals surface area contributed by atoms with Crippen LogP contribution >= 0.6 is 0 Å². The quantitative estimate of drug-likeness (QED) is 0.588. The number of hydrogen-bond acceptors (Lipinski definition) is 1. The predicted molar refractivity (Wildman–Crippen MR) is 93.6 cm³/mol. The molecule has 114 valence electrons. The minimum atomic E-state index is 1.03. The molecule has 1 heterocycles. The molecule has 0 N–H and O–H groups in total. The zero-order chi connectivity index (χ0) is 15.7. The SMILES string of the molecule is Cc1cccc(C)c1N1[C-]=[N+](c2c(C)cccc2C)CCC1. The number of aryl methyl sites for hydroxylation is 4. The number of rotatable bonds is 2. The molecule has 0 aromatic heterocycles. The molecule has 0 fully saturated rings. The summed E-state index contributed by atoms with van der Waals surface area (Å²) in [4.78, 5) is 2.29. The lowest BCUT2D eigenvalue weighted by Crippen LogP contribution is -2.35. The van der Waals surface area contributed by atoms with E-state index in [1.54, 1.807) is 0 Å². The van der Waals surface area contributed by atoms with Crippen LogP contribution in [-0.4, -0.2) is 24.0 Å². The molecule has 2 aromatic carbocycles. The van der Waals surface area contributed by atoms with Gasteiger partial charge in [0.1, 0.15) is 0 Å². The smallest absolute Gasteiger partial charge is 0.206 e. The molecule has 22 heavy (non-hydrogen) atoms. The Hall–Kier alpha value is -2.09. The zero-order valence-corrected chi connectivity index (χ0v) is 14.0. The molecule has 0 bridgehead atoms. The normalized spacial score (nSPS) is 14.9. The van der Waals surface area contributed by atoms with E-state index in [4.69, 9.17) is 0 Å². The molecule has 1 aliphatic rings. The van der Waals surface area contributed by atoms with E-state index in [9.17, 15) is 0 Å². The number of anilines is 1. The van der Waals surface area contributed by atoms with E-state index < -0.39 is 0 Å². The lowest BCUT2D eigenvalue weighted by Gasteiger charge is -2.31. The van der Waals surface area contributed by atoms with Crippen molar-refractivity contribution in [3.8, 4) is 0 Å². The van der Waals surface area contributed by atoms with Crippen molar-refractivity contribution in [1.29, 1.82) is 0 Å². The molecule has 1 aliphatic heterocycles. The molecule has 0 amide bonds. The molecule has 0 spiro atoms. The van der Waals surface area contributed by atoms with Gasteiger partial charge in [-0.25, -0.2) is 0 Å². The second-order valence-corrected chi connectivity index (χ2v) is 6.24. The first-order valence-corrected chi connectivity index (χ1v) is 8.01. The average molecular weight is 292 g/mol. The first-order valence-electron chi connectivity index (χ1n) is 8.01. The van der Waals surface area contributed by atoms with Gasteiger partial charge in [0, 0.05) is 17.8 Å². The highest BCUT2D eigenvalue weighted by atomic mass is 15.2. The number of hydrogen-bond donors (Lipinski definition) is 0. The summed E-state index contributed by atoms with van der Waals surface area (Å²) in [6.07, 6.45) is 4.76. The highest BCUT2D eigenvalue weighted by Crippen LogP contribution is 2.28. The van der Waals surface area contributed by atoms with Crippen molar-refractivity contribution in [2.24, 2.45) is 0 Å². The third kappa shape index (κ3) is 2.66. The standard InChI is InChI=1S/C20H24N2/c1-15-8-5-9-16(2)19(15)21-12-7-13-22(14-21)20-17(3)10-6-11-18(20)4/h5-6,8-11H,7,12-13H2,1-4H3. The summed E-state index contributed by atoms with van der Waals surface area (Å²) in [5, 5.41) is 0. The first kappa shape index (κ1) is 14.8. The maximum absolute atomic E-state index is 3.62. The fraction of sp³-hybridized carbons (Fsp3) is 0.350. The van der Waals surface area contributed by atoms with Crippen LogP contribution in [0.3, 0.4) is 0 Å². The molecule has 0 saturated carbocycles. The summed E-state index contributed by atoms with van der Waals surface area (Å²) in [6.45, 7) is 10.8. The molecule has 2 heteroatoms. The molecular weight excluding hydrogens is 268 g/mol. The van der Waals surface area contributed by atoms with Crippen LogP contribution in [0.5, 0.6) is 0 Å². The fourth-order valence-electron chi connectivity index (χ4n) is 3.42. The van der Waals surface area contributed by atoms with Crippen molar-refractivity contribution in [2.75, 3.05) is 18.0 Å². The Bertz CT molecular complexity index is 688. The van der Waals surface area contributed by atoms with Crippen LogP contribution in [0, 0.1) is 27.7 Å². The van der Waals surface area contributed by atoms with Crippen molar-refractivity contribution in [3.05, 3.63) is 58.7 Å². The van der Waals surface area contributed by atoms with E-state index in [0.29, 0.717) is 0 Å². The highest BCUT2D eigenvalue weighted by Gasteiger charge is 2.17. The van der Waals surface area contributed by atoms with Crippen LogP contribution in [-0.2, 0) is 0 Å². The minimum Gasteiger partial charge on any atom is -0.337 e. The molecule has 0 saturated heterocycles. The Balaban J connectivity index is 2.06. The van der Waals surface area contributed by atoms with Crippen molar-refractivity contribution >= 4 is 17.7 Å². The predicted octanol–water partition coefficient (Wildman–Crippen LogP) is 4.38. The van der Waals surface area contributed by atoms with Crippen molar-refractivity contribution in [1.82, 2.24) is 0 Å². The Morgan fingerprint density at radius 1 is 0.864 bits per heavy atom. The fourth-order valence-corrected chi connectivity index (χ4v) is 3.42. The minimum absolute atomic E-state index is 1.03. The van der Waals surface area contributed by atoms with Crippen LogP contribution < -0.4 is 4.90 Å². The molecular formula is C20H24N2. The van der Waals surface area contributed by atoms with Crippen LogP contribution in [0.1, 0.15) is 28.7 Å². The van der Waals surface area contributed by atoms with Gasteiger partial charge in [-0.2, -0.15) is 0 Å². The lowest BCUT2D eigenvalue weighted by molar-refractivity contribution is -0.441. The highest BCUT2D eigenvalue weighted by molar-refractivity contribution is 5.80. The molecule has 0 atom stereocenters. The molecule has 3 rings (SSSR count). The summed E-state index contributed by atoms with van der Waals surface area (Å²) in [5.41, 5.74) is 7.87. The van der Waals surface area contributed by atoms with Gasteiger partial charge < -0.3 is 9.48 Å². The van der Waals surface area contributed by atoms with Crippen molar-refractivity contribution < 1.29 is 4.58 Å². The Kier molecular flexibility index (Phi) is 4.02. The van der Waals surface area contributed by atoms with Gasteiger partial charge in [0.15, 0.2) is 0 Å². The van der Waals surface area contributed by atoms with Gasteiger partial charge >= 0.3 is 0 Å². The monoisotopic (exact) mass is 292 g/mol. The van der Waals surface area contributed by atoms with E-state index in [2.05, 4.69) is 79.9 Å². The molecule has 0 radical (unpaired) electrons. The van der Waals surface area contributed by atoms with Gasteiger partial charge in [-0.3, -0.25) is 0 Å². The van der Waals surface area contributed by atoms with Gasteiger partial charge in [-0.15, -0.1) is 0 Å². The van der Waals surface area contributed by atoms with Gasteiger partial charge in [-0.05, 0) is 27.7 Å². The van der Waals surface area contributed by atoms with Crippen molar-refractivity contribution in [3.63, 3.8) is 0 Å². The summed E-state index contributed by atoms with van der Waals surface area (Å²) in [6, 6.07) is 13.0. The van der Waals surface area contributed by atoms with Crippen molar-refractivity contribution in [2.45, 2.75) is 34.1 Å². The first-order chi connectivity index (χ1) is 10.6.